The third-order valence-electron chi connectivity index (χ3n) is 1.53. The van der Waals surface area contributed by atoms with Gasteiger partial charge < -0.3 is 9.64 Å². The van der Waals surface area contributed by atoms with E-state index in [1.165, 1.54) is 0 Å². The zero-order valence-electron chi connectivity index (χ0n) is 7.89. The molecule has 0 aliphatic rings. The van der Waals surface area contributed by atoms with Gasteiger partial charge in [-0.3, -0.25) is 10.2 Å². The van der Waals surface area contributed by atoms with Gasteiger partial charge in [-0.05, 0) is 13.8 Å². The summed E-state index contributed by atoms with van der Waals surface area (Å²) >= 11 is 0. The van der Waals surface area contributed by atoms with Gasteiger partial charge in [-0.1, -0.05) is 0 Å². The second-order valence-electron chi connectivity index (χ2n) is 2.56. The van der Waals surface area contributed by atoms with Crippen LogP contribution >= 0.6 is 0 Å². The normalized spacial score (nSPS) is 9.25. The van der Waals surface area contributed by atoms with Crippen LogP contribution in [-0.4, -0.2) is 36.9 Å². The molecular formula is C8H16N2O2. The van der Waals surface area contributed by atoms with Crippen molar-refractivity contribution in [3.05, 3.63) is 0 Å². The molecular weight excluding hydrogens is 156 g/mol. The quantitative estimate of drug-likeness (QED) is 0.389. The topological polar surface area (TPSA) is 53.4 Å². The summed E-state index contributed by atoms with van der Waals surface area (Å²) in [4.78, 5) is 12.6. The standard InChI is InChI=1S/C8H16N2O2/c1-4-12-8(11)5-6-10(3)7(2)9/h9H,4-6H2,1-3H3. The summed E-state index contributed by atoms with van der Waals surface area (Å²) in [5.74, 6) is 0.255. The molecule has 0 bridgehead atoms. The summed E-state index contributed by atoms with van der Waals surface area (Å²) in [5, 5.41) is 7.22. The Hall–Kier alpha value is -1.06. The lowest BCUT2D eigenvalue weighted by Gasteiger charge is -2.15. The summed E-state index contributed by atoms with van der Waals surface area (Å²) < 4.78 is 4.74. The first-order chi connectivity index (χ1) is 5.57. The average Bonchev–Trinajstić information content (AvgIpc) is 2.00. The molecule has 0 amide bonds. The van der Waals surface area contributed by atoms with E-state index in [0.717, 1.165) is 0 Å². The Kier molecular flexibility index (Phi) is 5.08. The molecule has 0 aromatic rings. The van der Waals surface area contributed by atoms with E-state index < -0.39 is 0 Å². The fourth-order valence-electron chi connectivity index (χ4n) is 0.660. The Balaban J connectivity index is 3.54. The molecule has 0 atom stereocenters. The molecule has 0 radical (unpaired) electrons. The Morgan fingerprint density at radius 2 is 2.17 bits per heavy atom. The lowest BCUT2D eigenvalue weighted by molar-refractivity contribution is -0.143. The van der Waals surface area contributed by atoms with E-state index in [1.807, 2.05) is 0 Å². The first-order valence-electron chi connectivity index (χ1n) is 3.99. The van der Waals surface area contributed by atoms with Crippen LogP contribution in [0.1, 0.15) is 20.3 Å². The summed E-state index contributed by atoms with van der Waals surface area (Å²) in [5.41, 5.74) is 0. The molecule has 0 aliphatic heterocycles. The summed E-state index contributed by atoms with van der Waals surface area (Å²) in [7, 11) is 1.78. The maximum Gasteiger partial charge on any atom is 0.307 e. The Bertz CT molecular complexity index is 168. The van der Waals surface area contributed by atoms with Crippen molar-refractivity contribution in [2.45, 2.75) is 20.3 Å². The van der Waals surface area contributed by atoms with Gasteiger partial charge >= 0.3 is 5.97 Å². The van der Waals surface area contributed by atoms with Crippen molar-refractivity contribution >= 4 is 11.8 Å². The number of hydrogen-bond donors (Lipinski definition) is 1. The number of esters is 1. The van der Waals surface area contributed by atoms with E-state index >= 15 is 0 Å². The first kappa shape index (κ1) is 10.9. The van der Waals surface area contributed by atoms with Gasteiger partial charge in [0.15, 0.2) is 0 Å². The van der Waals surface area contributed by atoms with Crippen LogP contribution in [0.2, 0.25) is 0 Å². The van der Waals surface area contributed by atoms with Gasteiger partial charge in [0.05, 0.1) is 18.9 Å². The minimum Gasteiger partial charge on any atom is -0.466 e. The van der Waals surface area contributed by atoms with Gasteiger partial charge in [0, 0.05) is 13.6 Å². The van der Waals surface area contributed by atoms with Crippen LogP contribution in [0.4, 0.5) is 0 Å². The van der Waals surface area contributed by atoms with Crippen molar-refractivity contribution in [1.29, 1.82) is 5.41 Å². The van der Waals surface area contributed by atoms with Crippen LogP contribution in [0.5, 0.6) is 0 Å². The summed E-state index contributed by atoms with van der Waals surface area (Å²) in [6, 6.07) is 0. The van der Waals surface area contributed by atoms with E-state index in [4.69, 9.17) is 10.1 Å². The van der Waals surface area contributed by atoms with Gasteiger partial charge in [-0.2, -0.15) is 0 Å². The lowest BCUT2D eigenvalue weighted by Crippen LogP contribution is -2.26. The molecule has 0 fully saturated rings. The fraction of sp³-hybridized carbons (Fsp3) is 0.750. The molecule has 0 unspecified atom stereocenters. The van der Waals surface area contributed by atoms with Gasteiger partial charge in [-0.25, -0.2) is 0 Å². The van der Waals surface area contributed by atoms with Crippen molar-refractivity contribution in [2.24, 2.45) is 0 Å². The number of rotatable bonds is 4. The fourth-order valence-corrected chi connectivity index (χ4v) is 0.660. The monoisotopic (exact) mass is 172 g/mol. The molecule has 1 N–H and O–H groups in total. The number of amidine groups is 1. The van der Waals surface area contributed by atoms with Crippen molar-refractivity contribution in [1.82, 2.24) is 4.90 Å². The van der Waals surface area contributed by atoms with Crippen LogP contribution in [-0.2, 0) is 9.53 Å². The van der Waals surface area contributed by atoms with E-state index in [2.05, 4.69) is 0 Å². The third-order valence-corrected chi connectivity index (χ3v) is 1.53. The highest BCUT2D eigenvalue weighted by molar-refractivity contribution is 5.77. The van der Waals surface area contributed by atoms with Crippen molar-refractivity contribution in [2.75, 3.05) is 20.2 Å². The molecule has 0 aromatic carbocycles. The predicted octanol–water partition coefficient (Wildman–Crippen LogP) is 0.869. The number of carbonyl (C=O) groups excluding carboxylic acids is 1. The number of nitrogens with one attached hydrogen (secondary N) is 1. The second-order valence-corrected chi connectivity index (χ2v) is 2.56. The maximum absolute atomic E-state index is 10.9. The lowest BCUT2D eigenvalue weighted by atomic mass is 10.4. The predicted molar refractivity (Wildman–Crippen MR) is 47.3 cm³/mol. The maximum atomic E-state index is 10.9. The average molecular weight is 172 g/mol. The molecule has 70 valence electrons. The Labute approximate surface area is 73.0 Å². The number of ether oxygens (including phenoxy) is 1. The third kappa shape index (κ3) is 4.71. The van der Waals surface area contributed by atoms with Crippen LogP contribution < -0.4 is 0 Å². The zero-order valence-corrected chi connectivity index (χ0v) is 7.89. The SMILES string of the molecule is CCOC(=O)CCN(C)C(C)=N. The van der Waals surface area contributed by atoms with Crippen molar-refractivity contribution in [3.8, 4) is 0 Å². The Morgan fingerprint density at radius 3 is 2.58 bits per heavy atom. The minimum absolute atomic E-state index is 0.203. The highest BCUT2D eigenvalue weighted by Crippen LogP contribution is 1.91. The smallest absolute Gasteiger partial charge is 0.307 e. The van der Waals surface area contributed by atoms with Gasteiger partial charge in [0.25, 0.3) is 0 Å². The van der Waals surface area contributed by atoms with Gasteiger partial charge in [-0.15, -0.1) is 0 Å². The van der Waals surface area contributed by atoms with Crippen LogP contribution in [0.25, 0.3) is 0 Å². The molecule has 4 nitrogen and oxygen atoms in total. The van der Waals surface area contributed by atoms with Crippen LogP contribution in [0, 0.1) is 5.41 Å². The van der Waals surface area contributed by atoms with Gasteiger partial charge in [0.1, 0.15) is 0 Å². The van der Waals surface area contributed by atoms with E-state index in [9.17, 15) is 4.79 Å². The molecule has 0 aromatic heterocycles. The zero-order chi connectivity index (χ0) is 9.56. The summed E-state index contributed by atoms with van der Waals surface area (Å²) in [6.45, 7) is 4.44. The molecule has 4 heteroatoms. The first-order valence-corrected chi connectivity index (χ1v) is 3.99. The molecule has 0 saturated carbocycles. The van der Waals surface area contributed by atoms with Crippen LogP contribution in [0.15, 0.2) is 0 Å². The molecule has 0 rings (SSSR count). The number of nitrogens with zero attached hydrogens (tertiary/aromatic N) is 1. The molecule has 0 saturated heterocycles. The number of carbonyl (C=O) groups is 1. The number of hydrogen-bond acceptors (Lipinski definition) is 3. The van der Waals surface area contributed by atoms with Crippen molar-refractivity contribution in [3.63, 3.8) is 0 Å². The second kappa shape index (κ2) is 5.57. The summed E-state index contributed by atoms with van der Waals surface area (Å²) in [6.07, 6.45) is 0.348. The molecule has 0 heterocycles. The largest absolute Gasteiger partial charge is 0.466 e. The molecule has 0 spiro atoms. The van der Waals surface area contributed by atoms with E-state index in [-0.39, 0.29) is 5.97 Å². The van der Waals surface area contributed by atoms with E-state index in [0.29, 0.717) is 25.4 Å². The van der Waals surface area contributed by atoms with Gasteiger partial charge in [0.2, 0.25) is 0 Å². The highest BCUT2D eigenvalue weighted by atomic mass is 16.5. The minimum atomic E-state index is -0.203. The molecule has 12 heavy (non-hydrogen) atoms. The van der Waals surface area contributed by atoms with Crippen molar-refractivity contribution < 1.29 is 9.53 Å². The highest BCUT2D eigenvalue weighted by Gasteiger charge is 2.04. The van der Waals surface area contributed by atoms with E-state index in [1.54, 1.807) is 25.8 Å². The Morgan fingerprint density at radius 1 is 1.58 bits per heavy atom. The van der Waals surface area contributed by atoms with Crippen LogP contribution in [0.3, 0.4) is 0 Å². The molecule has 0 aliphatic carbocycles.